The Kier molecular flexibility index (Phi) is 6.50. The molecule has 1 amide bonds. The molecule has 0 radical (unpaired) electrons. The fraction of sp³-hybridized carbons (Fsp3) is 0.389. The number of piperidine rings is 1. The average Bonchev–Trinajstić information content (AvgIpc) is 2.62. The molecule has 140 valence electrons. The van der Waals surface area contributed by atoms with Gasteiger partial charge in [-0.3, -0.25) is 9.59 Å². The number of hydrogen-bond donors (Lipinski definition) is 2. The van der Waals surface area contributed by atoms with Gasteiger partial charge in [0.25, 0.3) is 11.5 Å². The molecule has 0 aliphatic carbocycles. The maximum absolute atomic E-state index is 13.0. The zero-order chi connectivity index (χ0) is 17.9. The molecular weight excluding hydrogens is 359 g/mol. The first kappa shape index (κ1) is 20.1. The van der Waals surface area contributed by atoms with E-state index >= 15 is 0 Å². The van der Waals surface area contributed by atoms with Crippen LogP contribution in [0.2, 0.25) is 0 Å². The maximum atomic E-state index is 13.0. The van der Waals surface area contributed by atoms with Crippen LogP contribution >= 0.6 is 12.4 Å². The van der Waals surface area contributed by atoms with Crippen LogP contribution < -0.4 is 16.2 Å². The van der Waals surface area contributed by atoms with Crippen molar-refractivity contribution in [1.82, 2.24) is 20.4 Å². The van der Waals surface area contributed by atoms with Gasteiger partial charge in [-0.1, -0.05) is 6.92 Å². The highest BCUT2D eigenvalue weighted by atomic mass is 35.5. The van der Waals surface area contributed by atoms with Crippen molar-refractivity contribution < 1.29 is 9.18 Å². The number of nitrogens with zero attached hydrogens (tertiary/aromatic N) is 2. The van der Waals surface area contributed by atoms with Crippen LogP contribution in [0.4, 0.5) is 4.39 Å². The number of halogens is 2. The van der Waals surface area contributed by atoms with E-state index < -0.39 is 5.82 Å². The van der Waals surface area contributed by atoms with Crippen LogP contribution in [0, 0.1) is 11.2 Å². The van der Waals surface area contributed by atoms with Gasteiger partial charge in [0.1, 0.15) is 11.5 Å². The summed E-state index contributed by atoms with van der Waals surface area (Å²) in [5, 5.41) is 10.3. The van der Waals surface area contributed by atoms with E-state index in [-0.39, 0.29) is 35.0 Å². The van der Waals surface area contributed by atoms with Gasteiger partial charge in [-0.25, -0.2) is 4.39 Å². The first-order chi connectivity index (χ1) is 12.0. The van der Waals surface area contributed by atoms with Gasteiger partial charge in [0.05, 0.1) is 5.69 Å². The largest absolute Gasteiger partial charge is 0.350 e. The fourth-order valence-corrected chi connectivity index (χ4v) is 2.89. The third-order valence-corrected chi connectivity index (χ3v) is 4.59. The molecule has 2 heterocycles. The molecule has 2 N–H and O–H groups in total. The number of rotatable bonds is 4. The fourth-order valence-electron chi connectivity index (χ4n) is 2.89. The third-order valence-electron chi connectivity index (χ3n) is 4.59. The van der Waals surface area contributed by atoms with Crippen molar-refractivity contribution in [2.75, 3.05) is 19.6 Å². The Labute approximate surface area is 157 Å². The lowest BCUT2D eigenvalue weighted by atomic mass is 9.81. The summed E-state index contributed by atoms with van der Waals surface area (Å²) in [5.41, 5.74) is 0.244. The Hall–Kier alpha value is -2.25. The van der Waals surface area contributed by atoms with Gasteiger partial charge in [-0.05, 0) is 61.7 Å². The highest BCUT2D eigenvalue weighted by molar-refractivity contribution is 5.92. The number of hydrogen-bond acceptors (Lipinski definition) is 4. The minimum atomic E-state index is -0.402. The Morgan fingerprint density at radius 1 is 1.23 bits per heavy atom. The second-order valence-electron chi connectivity index (χ2n) is 6.69. The van der Waals surface area contributed by atoms with Crippen molar-refractivity contribution in [1.29, 1.82) is 0 Å². The lowest BCUT2D eigenvalue weighted by Gasteiger charge is -2.34. The van der Waals surface area contributed by atoms with Gasteiger partial charge in [-0.2, -0.15) is 9.78 Å². The minimum Gasteiger partial charge on any atom is -0.350 e. The van der Waals surface area contributed by atoms with E-state index in [9.17, 15) is 14.0 Å². The van der Waals surface area contributed by atoms with Crippen molar-refractivity contribution in [2.24, 2.45) is 5.41 Å². The molecule has 1 aliphatic heterocycles. The molecule has 1 aromatic carbocycles. The van der Waals surface area contributed by atoms with Gasteiger partial charge in [-0.15, -0.1) is 12.4 Å². The topological polar surface area (TPSA) is 76.0 Å². The van der Waals surface area contributed by atoms with Crippen LogP contribution in [0.1, 0.15) is 30.3 Å². The molecule has 0 unspecified atom stereocenters. The summed E-state index contributed by atoms with van der Waals surface area (Å²) in [6, 6.07) is 8.07. The summed E-state index contributed by atoms with van der Waals surface area (Å²) >= 11 is 0. The number of nitrogens with one attached hydrogen (secondary N) is 2. The molecule has 8 heteroatoms. The molecule has 2 aromatic rings. The first-order valence-electron chi connectivity index (χ1n) is 8.32. The summed E-state index contributed by atoms with van der Waals surface area (Å²) in [7, 11) is 0. The number of benzene rings is 1. The summed E-state index contributed by atoms with van der Waals surface area (Å²) < 4.78 is 14.1. The average molecular weight is 381 g/mol. The molecule has 1 saturated heterocycles. The third kappa shape index (κ3) is 4.68. The van der Waals surface area contributed by atoms with E-state index in [1.807, 2.05) is 0 Å². The molecule has 0 spiro atoms. The van der Waals surface area contributed by atoms with Crippen LogP contribution in [0.15, 0.2) is 41.2 Å². The number of amides is 1. The number of aromatic nitrogens is 2. The number of carbonyl (C=O) groups excluding carboxylic acids is 1. The molecule has 0 bridgehead atoms. The molecule has 1 aromatic heterocycles. The highest BCUT2D eigenvalue weighted by Crippen LogP contribution is 2.26. The van der Waals surface area contributed by atoms with E-state index in [0.29, 0.717) is 12.2 Å². The van der Waals surface area contributed by atoms with E-state index in [0.717, 1.165) is 30.6 Å². The van der Waals surface area contributed by atoms with E-state index in [1.54, 1.807) is 0 Å². The lowest BCUT2D eigenvalue weighted by molar-refractivity contribution is 0.0915. The molecule has 3 rings (SSSR count). The van der Waals surface area contributed by atoms with Crippen molar-refractivity contribution in [3.8, 4) is 5.69 Å². The van der Waals surface area contributed by atoms with E-state index in [1.165, 1.54) is 36.4 Å². The molecular formula is C18H22ClFN4O2. The quantitative estimate of drug-likeness (QED) is 0.849. The van der Waals surface area contributed by atoms with Gasteiger partial charge < -0.3 is 10.6 Å². The van der Waals surface area contributed by atoms with Crippen molar-refractivity contribution in [2.45, 2.75) is 19.8 Å². The molecule has 0 saturated carbocycles. The van der Waals surface area contributed by atoms with Crippen LogP contribution in [-0.2, 0) is 0 Å². The zero-order valence-corrected chi connectivity index (χ0v) is 15.3. The predicted molar refractivity (Wildman–Crippen MR) is 99.6 cm³/mol. The summed E-state index contributed by atoms with van der Waals surface area (Å²) in [4.78, 5) is 24.4. The number of carbonyl (C=O) groups is 1. The van der Waals surface area contributed by atoms with E-state index in [4.69, 9.17) is 0 Å². The molecule has 6 nitrogen and oxygen atoms in total. The van der Waals surface area contributed by atoms with Gasteiger partial charge in [0.2, 0.25) is 0 Å². The molecule has 1 fully saturated rings. The van der Waals surface area contributed by atoms with Crippen molar-refractivity contribution in [3.05, 3.63) is 58.3 Å². The molecule has 26 heavy (non-hydrogen) atoms. The van der Waals surface area contributed by atoms with Crippen LogP contribution in [-0.4, -0.2) is 35.3 Å². The van der Waals surface area contributed by atoms with Crippen LogP contribution in [0.3, 0.4) is 0 Å². The Morgan fingerprint density at radius 3 is 2.54 bits per heavy atom. The molecule has 1 aliphatic rings. The standard InChI is InChI=1S/C18H21FN4O2.ClH/c1-18(8-10-20-11-9-18)12-21-17(25)15-6-7-16(24)23(22-15)14-4-2-13(19)3-5-14;/h2-7,20H,8-12H2,1H3,(H,21,25);1H. The normalized spacial score (nSPS) is 15.8. The van der Waals surface area contributed by atoms with Gasteiger partial charge in [0, 0.05) is 12.6 Å². The second kappa shape index (κ2) is 8.42. The minimum absolute atomic E-state index is 0. The maximum Gasteiger partial charge on any atom is 0.271 e. The monoisotopic (exact) mass is 380 g/mol. The Bertz CT molecular complexity index is 817. The van der Waals surface area contributed by atoms with Crippen molar-refractivity contribution in [3.63, 3.8) is 0 Å². The smallest absolute Gasteiger partial charge is 0.271 e. The van der Waals surface area contributed by atoms with Crippen molar-refractivity contribution >= 4 is 18.3 Å². The zero-order valence-electron chi connectivity index (χ0n) is 14.5. The Morgan fingerprint density at radius 2 is 1.88 bits per heavy atom. The van der Waals surface area contributed by atoms with Gasteiger partial charge in [0.15, 0.2) is 0 Å². The second-order valence-corrected chi connectivity index (χ2v) is 6.69. The SMILES string of the molecule is CC1(CNC(=O)c2ccc(=O)n(-c3ccc(F)cc3)n2)CCNCC1.Cl. The first-order valence-corrected chi connectivity index (χ1v) is 8.32. The van der Waals surface area contributed by atoms with Gasteiger partial charge >= 0.3 is 0 Å². The predicted octanol–water partition coefficient (Wildman–Crippen LogP) is 1.91. The lowest BCUT2D eigenvalue weighted by Crippen LogP contribution is -2.43. The summed E-state index contributed by atoms with van der Waals surface area (Å²) in [6.07, 6.45) is 1.99. The summed E-state index contributed by atoms with van der Waals surface area (Å²) in [5.74, 6) is -0.725. The van der Waals surface area contributed by atoms with E-state index in [2.05, 4.69) is 22.7 Å². The highest BCUT2D eigenvalue weighted by Gasteiger charge is 2.27. The summed E-state index contributed by atoms with van der Waals surface area (Å²) in [6.45, 7) is 4.60. The van der Waals surface area contributed by atoms with Crippen LogP contribution in [0.5, 0.6) is 0 Å². The Balaban J connectivity index is 0.00000243. The van der Waals surface area contributed by atoms with Crippen LogP contribution in [0.25, 0.3) is 5.69 Å². The molecule has 0 atom stereocenters.